The summed E-state index contributed by atoms with van der Waals surface area (Å²) in [6, 6.07) is 15.0. The molecule has 0 aliphatic rings. The molecule has 138 valence electrons. The van der Waals surface area contributed by atoms with Gasteiger partial charge in [-0.05, 0) is 43.3 Å². The Hall–Kier alpha value is -2.95. The number of rotatable bonds is 9. The molecule has 2 rings (SSSR count). The first-order chi connectivity index (χ1) is 12.6. The van der Waals surface area contributed by atoms with Gasteiger partial charge in [-0.25, -0.2) is 0 Å². The lowest BCUT2D eigenvalue weighted by molar-refractivity contribution is -0.125. The van der Waals surface area contributed by atoms with Crippen LogP contribution in [0.15, 0.2) is 54.6 Å². The fourth-order valence-electron chi connectivity index (χ4n) is 2.28. The fourth-order valence-corrected chi connectivity index (χ4v) is 2.28. The first kappa shape index (κ1) is 19.4. The highest BCUT2D eigenvalue weighted by atomic mass is 16.5. The van der Waals surface area contributed by atoms with Gasteiger partial charge in [-0.15, -0.1) is 0 Å². The van der Waals surface area contributed by atoms with E-state index in [1.807, 2.05) is 55.5 Å². The van der Waals surface area contributed by atoms with Crippen molar-refractivity contribution >= 4 is 12.0 Å². The number of methoxy groups -OCH3 is 1. The number of hydrogen-bond acceptors (Lipinski definition) is 4. The van der Waals surface area contributed by atoms with Crippen molar-refractivity contribution in [2.45, 2.75) is 6.92 Å². The normalized spacial score (nSPS) is 10.6. The van der Waals surface area contributed by atoms with Gasteiger partial charge in [-0.3, -0.25) is 4.79 Å². The molecule has 0 fully saturated rings. The Morgan fingerprint density at radius 2 is 1.73 bits per heavy atom. The molecule has 0 aliphatic carbocycles. The Kier molecular flexibility index (Phi) is 7.55. The van der Waals surface area contributed by atoms with Crippen molar-refractivity contribution in [2.75, 3.05) is 33.9 Å². The van der Waals surface area contributed by atoms with Crippen molar-refractivity contribution in [3.63, 3.8) is 0 Å². The minimum atomic E-state index is -0.0883. The Labute approximate surface area is 154 Å². The van der Waals surface area contributed by atoms with Crippen LogP contribution in [-0.4, -0.2) is 44.7 Å². The second kappa shape index (κ2) is 10.1. The summed E-state index contributed by atoms with van der Waals surface area (Å²) < 4.78 is 16.3. The molecule has 0 aliphatic heterocycles. The molecule has 0 radical (unpaired) electrons. The maximum Gasteiger partial charge on any atom is 0.246 e. The third-order valence-electron chi connectivity index (χ3n) is 3.76. The summed E-state index contributed by atoms with van der Waals surface area (Å²) in [6.07, 6.45) is 3.32. The van der Waals surface area contributed by atoms with Crippen molar-refractivity contribution in [3.05, 3.63) is 60.2 Å². The van der Waals surface area contributed by atoms with E-state index in [0.29, 0.717) is 19.8 Å². The Morgan fingerprint density at radius 1 is 1.04 bits per heavy atom. The van der Waals surface area contributed by atoms with Gasteiger partial charge in [0.25, 0.3) is 0 Å². The molecule has 0 spiro atoms. The first-order valence-electron chi connectivity index (χ1n) is 8.56. The van der Waals surface area contributed by atoms with E-state index in [4.69, 9.17) is 14.2 Å². The smallest absolute Gasteiger partial charge is 0.246 e. The lowest BCUT2D eigenvalue weighted by atomic mass is 10.2. The summed E-state index contributed by atoms with van der Waals surface area (Å²) in [6.45, 7) is 3.42. The summed E-state index contributed by atoms with van der Waals surface area (Å²) in [7, 11) is 3.37. The van der Waals surface area contributed by atoms with Crippen molar-refractivity contribution in [1.82, 2.24) is 4.90 Å². The molecule has 0 heterocycles. The van der Waals surface area contributed by atoms with Gasteiger partial charge in [0.15, 0.2) is 0 Å². The first-order valence-corrected chi connectivity index (χ1v) is 8.56. The van der Waals surface area contributed by atoms with Crippen LogP contribution in [0.1, 0.15) is 12.5 Å². The van der Waals surface area contributed by atoms with Crippen molar-refractivity contribution < 1.29 is 19.0 Å². The zero-order chi connectivity index (χ0) is 18.8. The van der Waals surface area contributed by atoms with Gasteiger partial charge in [0.2, 0.25) is 5.91 Å². The number of likely N-dealkylation sites (N-methyl/N-ethyl adjacent to an activating group) is 1. The molecule has 1 amide bonds. The predicted molar refractivity (Wildman–Crippen MR) is 103 cm³/mol. The molecule has 0 N–H and O–H groups in total. The van der Waals surface area contributed by atoms with Crippen LogP contribution in [0, 0.1) is 0 Å². The third-order valence-corrected chi connectivity index (χ3v) is 3.76. The standard InChI is InChI=1S/C21H25NO4/c1-4-25-20-8-6-5-7-17(20)9-14-21(23)22(2)15-16-26-19-12-10-18(24-3)11-13-19/h5-14H,4,15-16H2,1-3H3/b14-9+. The topological polar surface area (TPSA) is 48.0 Å². The molecular formula is C21H25NO4. The number of nitrogens with zero attached hydrogens (tertiary/aromatic N) is 1. The highest BCUT2D eigenvalue weighted by Crippen LogP contribution is 2.19. The van der Waals surface area contributed by atoms with Gasteiger partial charge in [0.1, 0.15) is 23.9 Å². The molecule has 26 heavy (non-hydrogen) atoms. The molecule has 0 saturated heterocycles. The SMILES string of the molecule is CCOc1ccccc1/C=C/C(=O)N(C)CCOc1ccc(OC)cc1. The van der Waals surface area contributed by atoms with E-state index in [1.165, 1.54) is 0 Å². The largest absolute Gasteiger partial charge is 0.497 e. The number of carbonyl (C=O) groups excluding carboxylic acids is 1. The van der Waals surface area contributed by atoms with Gasteiger partial charge >= 0.3 is 0 Å². The summed E-state index contributed by atoms with van der Waals surface area (Å²) in [5, 5.41) is 0. The van der Waals surface area contributed by atoms with Crippen LogP contribution >= 0.6 is 0 Å². The Bertz CT molecular complexity index is 725. The summed E-state index contributed by atoms with van der Waals surface area (Å²) in [4.78, 5) is 13.9. The van der Waals surface area contributed by atoms with E-state index < -0.39 is 0 Å². The number of hydrogen-bond donors (Lipinski definition) is 0. The number of para-hydroxylation sites is 1. The van der Waals surface area contributed by atoms with Crippen molar-refractivity contribution in [3.8, 4) is 17.2 Å². The highest BCUT2D eigenvalue weighted by molar-refractivity contribution is 5.92. The predicted octanol–water partition coefficient (Wildman–Crippen LogP) is 3.64. The fraction of sp³-hybridized carbons (Fsp3) is 0.286. The lowest BCUT2D eigenvalue weighted by Crippen LogP contribution is -2.29. The van der Waals surface area contributed by atoms with Gasteiger partial charge in [0.05, 0.1) is 20.3 Å². The molecule has 2 aromatic carbocycles. The highest BCUT2D eigenvalue weighted by Gasteiger charge is 2.06. The molecule has 0 atom stereocenters. The van der Waals surface area contributed by atoms with E-state index >= 15 is 0 Å². The average molecular weight is 355 g/mol. The van der Waals surface area contributed by atoms with Crippen LogP contribution in [0.4, 0.5) is 0 Å². The zero-order valence-electron chi connectivity index (χ0n) is 15.5. The van der Waals surface area contributed by atoms with E-state index in [9.17, 15) is 4.79 Å². The van der Waals surface area contributed by atoms with Crippen LogP contribution in [0.25, 0.3) is 6.08 Å². The number of benzene rings is 2. The van der Waals surface area contributed by atoms with Crippen LogP contribution in [0.5, 0.6) is 17.2 Å². The van der Waals surface area contributed by atoms with E-state index in [0.717, 1.165) is 22.8 Å². The van der Waals surface area contributed by atoms with E-state index in [-0.39, 0.29) is 5.91 Å². The Balaban J connectivity index is 1.83. The monoisotopic (exact) mass is 355 g/mol. The van der Waals surface area contributed by atoms with Gasteiger partial charge < -0.3 is 19.1 Å². The van der Waals surface area contributed by atoms with Crippen LogP contribution in [-0.2, 0) is 4.79 Å². The summed E-state index contributed by atoms with van der Waals surface area (Å²) in [5.41, 5.74) is 0.880. The minimum Gasteiger partial charge on any atom is -0.497 e. The van der Waals surface area contributed by atoms with Crippen molar-refractivity contribution in [1.29, 1.82) is 0 Å². The molecule has 0 aromatic heterocycles. The van der Waals surface area contributed by atoms with E-state index in [2.05, 4.69) is 0 Å². The molecule has 0 saturated carbocycles. The quantitative estimate of drug-likeness (QED) is 0.644. The Morgan fingerprint density at radius 3 is 2.42 bits per heavy atom. The van der Waals surface area contributed by atoms with Crippen LogP contribution < -0.4 is 14.2 Å². The molecular weight excluding hydrogens is 330 g/mol. The van der Waals surface area contributed by atoms with Crippen LogP contribution in [0.3, 0.4) is 0 Å². The van der Waals surface area contributed by atoms with E-state index in [1.54, 1.807) is 31.2 Å². The van der Waals surface area contributed by atoms with Crippen molar-refractivity contribution in [2.24, 2.45) is 0 Å². The molecule has 5 nitrogen and oxygen atoms in total. The molecule has 0 unspecified atom stereocenters. The second-order valence-corrected chi connectivity index (χ2v) is 5.59. The molecule has 2 aromatic rings. The minimum absolute atomic E-state index is 0.0883. The number of carbonyl (C=O) groups is 1. The maximum atomic E-state index is 12.2. The maximum absolute atomic E-state index is 12.2. The number of ether oxygens (including phenoxy) is 3. The third kappa shape index (κ3) is 5.84. The zero-order valence-corrected chi connectivity index (χ0v) is 15.5. The van der Waals surface area contributed by atoms with Gasteiger partial charge in [-0.1, -0.05) is 18.2 Å². The second-order valence-electron chi connectivity index (χ2n) is 5.59. The molecule has 0 bridgehead atoms. The van der Waals surface area contributed by atoms with Gasteiger partial charge in [0, 0.05) is 18.7 Å². The lowest BCUT2D eigenvalue weighted by Gasteiger charge is -2.16. The summed E-state index contributed by atoms with van der Waals surface area (Å²) in [5.74, 6) is 2.20. The summed E-state index contributed by atoms with van der Waals surface area (Å²) >= 11 is 0. The number of amides is 1. The van der Waals surface area contributed by atoms with Crippen LogP contribution in [0.2, 0.25) is 0 Å². The molecule has 5 heteroatoms. The van der Waals surface area contributed by atoms with Gasteiger partial charge in [-0.2, -0.15) is 0 Å². The average Bonchev–Trinajstić information content (AvgIpc) is 2.67.